The monoisotopic (exact) mass is 275 g/mol. The van der Waals surface area contributed by atoms with E-state index in [9.17, 15) is 5.11 Å². The fourth-order valence-corrected chi connectivity index (χ4v) is 1.91. The molecule has 0 heterocycles. The van der Waals surface area contributed by atoms with Crippen molar-refractivity contribution >= 4 is 28.0 Å². The highest BCUT2D eigenvalue weighted by Gasteiger charge is 2.07. The predicted octanol–water partition coefficient (Wildman–Crippen LogP) is 2.52. The Morgan fingerprint density at radius 2 is 2.00 bits per heavy atom. The third-order valence-electron chi connectivity index (χ3n) is 2.77. The van der Waals surface area contributed by atoms with E-state index in [1.165, 1.54) is 0 Å². The summed E-state index contributed by atoms with van der Waals surface area (Å²) in [5.74, 6) is 0.788. The minimum Gasteiger partial charge on any atom is -0.490 e. The quantitative estimate of drug-likeness (QED) is 0.823. The molecule has 0 aliphatic rings. The smallest absolute Gasteiger partial charge is 0.127 e. The van der Waals surface area contributed by atoms with Gasteiger partial charge in [0.05, 0.1) is 4.99 Å². The Labute approximate surface area is 118 Å². The molecule has 0 amide bonds. The van der Waals surface area contributed by atoms with Crippen LogP contribution < -0.4 is 10.1 Å². The molecule has 3 nitrogen and oxygen atoms in total. The van der Waals surface area contributed by atoms with E-state index in [0.29, 0.717) is 11.5 Å². The van der Waals surface area contributed by atoms with Gasteiger partial charge in [-0.05, 0) is 18.4 Å². The first-order chi connectivity index (χ1) is 9.16. The van der Waals surface area contributed by atoms with Crippen molar-refractivity contribution in [2.75, 3.05) is 13.2 Å². The molecule has 0 bridgehead atoms. The Morgan fingerprint density at radius 1 is 1.26 bits per heavy atom. The highest BCUT2D eigenvalue weighted by atomic mass is 32.1. The summed E-state index contributed by atoms with van der Waals surface area (Å²) in [6.45, 7) is 2.43. The molecule has 0 radical (unpaired) electrons. The number of aliphatic hydroxyl groups excluding tert-OH is 1. The van der Waals surface area contributed by atoms with Crippen molar-refractivity contribution in [3.05, 3.63) is 42.5 Å². The third-order valence-corrected chi connectivity index (χ3v) is 2.91. The van der Waals surface area contributed by atoms with Gasteiger partial charge in [-0.15, -0.1) is 0 Å². The number of ether oxygens (including phenoxy) is 1. The standard InChI is InChI=1S/C15H17NO2S/c1-11(19)16-9-13(17)10-18-15-8-4-6-12-5-2-3-7-14(12)15/h2-8,13,17H,9-10H2,1H3,(H,16,19). The molecule has 0 saturated carbocycles. The van der Waals surface area contributed by atoms with Crippen molar-refractivity contribution in [3.63, 3.8) is 0 Å². The summed E-state index contributed by atoms with van der Waals surface area (Å²) < 4.78 is 5.68. The Morgan fingerprint density at radius 3 is 2.79 bits per heavy atom. The van der Waals surface area contributed by atoms with Crippen LogP contribution in [0, 0.1) is 0 Å². The summed E-state index contributed by atoms with van der Waals surface area (Å²) in [6.07, 6.45) is -0.586. The largest absolute Gasteiger partial charge is 0.490 e. The van der Waals surface area contributed by atoms with Gasteiger partial charge < -0.3 is 15.2 Å². The van der Waals surface area contributed by atoms with E-state index in [2.05, 4.69) is 5.32 Å². The van der Waals surface area contributed by atoms with Crippen molar-refractivity contribution in [3.8, 4) is 5.75 Å². The van der Waals surface area contributed by atoms with Crippen molar-refractivity contribution in [2.24, 2.45) is 0 Å². The zero-order valence-electron chi connectivity index (χ0n) is 10.8. The van der Waals surface area contributed by atoms with Crippen LogP contribution in [-0.2, 0) is 0 Å². The second-order valence-electron chi connectivity index (χ2n) is 4.38. The second-order valence-corrected chi connectivity index (χ2v) is 4.99. The molecule has 0 aliphatic carbocycles. The summed E-state index contributed by atoms with van der Waals surface area (Å²) in [5.41, 5.74) is 0. The third kappa shape index (κ3) is 3.91. The lowest BCUT2D eigenvalue weighted by molar-refractivity contribution is 0.111. The molecule has 4 heteroatoms. The predicted molar refractivity (Wildman–Crippen MR) is 81.7 cm³/mol. The molecule has 0 saturated heterocycles. The van der Waals surface area contributed by atoms with Gasteiger partial charge in [-0.2, -0.15) is 0 Å². The lowest BCUT2D eigenvalue weighted by Crippen LogP contribution is -2.33. The van der Waals surface area contributed by atoms with Gasteiger partial charge >= 0.3 is 0 Å². The normalized spacial score (nSPS) is 12.1. The van der Waals surface area contributed by atoms with E-state index in [0.717, 1.165) is 16.5 Å². The fourth-order valence-electron chi connectivity index (χ4n) is 1.83. The number of thiocarbonyl (C=S) groups is 1. The van der Waals surface area contributed by atoms with Gasteiger partial charge in [-0.3, -0.25) is 0 Å². The number of fused-ring (bicyclic) bond motifs is 1. The maximum absolute atomic E-state index is 9.78. The van der Waals surface area contributed by atoms with E-state index >= 15 is 0 Å². The van der Waals surface area contributed by atoms with E-state index in [1.54, 1.807) is 6.92 Å². The first kappa shape index (κ1) is 13.8. The Bertz CT molecular complexity index is 566. The molecular formula is C15H17NO2S. The van der Waals surface area contributed by atoms with Gasteiger partial charge in [0.1, 0.15) is 18.5 Å². The number of hydrogen-bond donors (Lipinski definition) is 2. The summed E-state index contributed by atoms with van der Waals surface area (Å²) in [5, 5.41) is 14.9. The van der Waals surface area contributed by atoms with Crippen LogP contribution >= 0.6 is 12.2 Å². The van der Waals surface area contributed by atoms with Gasteiger partial charge in [0.15, 0.2) is 0 Å². The molecule has 100 valence electrons. The molecule has 0 fully saturated rings. The van der Waals surface area contributed by atoms with Gasteiger partial charge in [0.25, 0.3) is 0 Å². The average Bonchev–Trinajstić information content (AvgIpc) is 2.42. The molecule has 2 aromatic rings. The Kier molecular flexibility index (Phi) is 4.71. The van der Waals surface area contributed by atoms with Gasteiger partial charge in [-0.25, -0.2) is 0 Å². The van der Waals surface area contributed by atoms with E-state index in [1.807, 2.05) is 42.5 Å². The molecule has 2 rings (SSSR count). The number of rotatable bonds is 5. The first-order valence-corrected chi connectivity index (χ1v) is 6.60. The van der Waals surface area contributed by atoms with Crippen molar-refractivity contribution < 1.29 is 9.84 Å². The lowest BCUT2D eigenvalue weighted by atomic mass is 10.1. The lowest BCUT2D eigenvalue weighted by Gasteiger charge is -2.14. The maximum atomic E-state index is 9.78. The molecule has 2 N–H and O–H groups in total. The van der Waals surface area contributed by atoms with E-state index in [4.69, 9.17) is 17.0 Å². The van der Waals surface area contributed by atoms with E-state index < -0.39 is 6.10 Å². The molecule has 0 spiro atoms. The summed E-state index contributed by atoms with van der Waals surface area (Å²) in [6, 6.07) is 13.9. The minimum absolute atomic E-state index is 0.240. The van der Waals surface area contributed by atoms with Crippen LogP contribution in [0.1, 0.15) is 6.92 Å². The van der Waals surface area contributed by atoms with Crippen LogP contribution in [0.15, 0.2) is 42.5 Å². The number of benzene rings is 2. The van der Waals surface area contributed by atoms with Gasteiger partial charge in [0, 0.05) is 11.9 Å². The Balaban J connectivity index is 2.00. The highest BCUT2D eigenvalue weighted by molar-refractivity contribution is 7.80. The molecular weight excluding hydrogens is 258 g/mol. The Hall–Kier alpha value is -1.65. The van der Waals surface area contributed by atoms with Gasteiger partial charge in [0.2, 0.25) is 0 Å². The SMILES string of the molecule is CC(=S)NCC(O)COc1cccc2ccccc12. The molecule has 2 aromatic carbocycles. The van der Waals surface area contributed by atoms with Gasteiger partial charge in [-0.1, -0.05) is 48.6 Å². The van der Waals surface area contributed by atoms with Crippen molar-refractivity contribution in [2.45, 2.75) is 13.0 Å². The maximum Gasteiger partial charge on any atom is 0.127 e. The van der Waals surface area contributed by atoms with Crippen LogP contribution in [0.5, 0.6) is 5.75 Å². The van der Waals surface area contributed by atoms with Crippen LogP contribution in [-0.4, -0.2) is 29.4 Å². The summed E-state index contributed by atoms with van der Waals surface area (Å²) in [7, 11) is 0. The molecule has 0 aromatic heterocycles. The van der Waals surface area contributed by atoms with E-state index in [-0.39, 0.29) is 6.61 Å². The zero-order chi connectivity index (χ0) is 13.7. The number of aliphatic hydroxyl groups is 1. The molecule has 1 atom stereocenters. The average molecular weight is 275 g/mol. The molecule has 1 unspecified atom stereocenters. The molecule has 19 heavy (non-hydrogen) atoms. The minimum atomic E-state index is -0.586. The number of nitrogens with one attached hydrogen (secondary N) is 1. The second kappa shape index (κ2) is 6.50. The zero-order valence-corrected chi connectivity index (χ0v) is 11.6. The van der Waals surface area contributed by atoms with Crippen molar-refractivity contribution in [1.29, 1.82) is 0 Å². The highest BCUT2D eigenvalue weighted by Crippen LogP contribution is 2.25. The number of hydrogen-bond acceptors (Lipinski definition) is 3. The van der Waals surface area contributed by atoms with Crippen LogP contribution in [0.2, 0.25) is 0 Å². The fraction of sp³-hybridized carbons (Fsp3) is 0.267. The van der Waals surface area contributed by atoms with Crippen LogP contribution in [0.3, 0.4) is 0 Å². The summed E-state index contributed by atoms with van der Waals surface area (Å²) in [4.78, 5) is 0.671. The van der Waals surface area contributed by atoms with Crippen molar-refractivity contribution in [1.82, 2.24) is 5.32 Å². The molecule has 0 aliphatic heterocycles. The van der Waals surface area contributed by atoms with Crippen LogP contribution in [0.4, 0.5) is 0 Å². The summed E-state index contributed by atoms with van der Waals surface area (Å²) >= 11 is 4.89. The van der Waals surface area contributed by atoms with Crippen LogP contribution in [0.25, 0.3) is 10.8 Å². The first-order valence-electron chi connectivity index (χ1n) is 6.20. The topological polar surface area (TPSA) is 41.5 Å².